The molecule has 28 heavy (non-hydrogen) atoms. The van der Waals surface area contributed by atoms with Crippen LogP contribution in [0.15, 0.2) is 66.1 Å². The van der Waals surface area contributed by atoms with E-state index in [1.165, 1.54) is 18.7 Å². The zero-order valence-electron chi connectivity index (χ0n) is 16.2. The number of rotatable bonds is 7. The topological polar surface area (TPSA) is 64.0 Å². The van der Waals surface area contributed by atoms with Gasteiger partial charge in [-0.1, -0.05) is 54.2 Å². The fourth-order valence-electron chi connectivity index (χ4n) is 2.97. The maximum Gasteiger partial charge on any atom is 0.217 e. The first-order chi connectivity index (χ1) is 13.5. The van der Waals surface area contributed by atoms with Crippen molar-refractivity contribution in [3.8, 4) is 5.69 Å². The third-order valence-corrected chi connectivity index (χ3v) is 5.43. The van der Waals surface area contributed by atoms with E-state index in [1.54, 1.807) is 6.20 Å². The monoisotopic (exact) mass is 393 g/mol. The number of carbonyl (C=O) groups is 2. The molecule has 1 N–H and O–H groups in total. The Morgan fingerprint density at radius 2 is 1.86 bits per heavy atom. The molecular weight excluding hydrogens is 370 g/mol. The number of carbonyl (C=O) groups excluding carboxylic acids is 2. The van der Waals surface area contributed by atoms with Crippen LogP contribution in [0.3, 0.4) is 0 Å². The van der Waals surface area contributed by atoms with Crippen molar-refractivity contribution < 1.29 is 9.59 Å². The Balaban J connectivity index is 1.66. The highest BCUT2D eigenvalue weighted by molar-refractivity contribution is 7.99. The molecule has 0 aliphatic carbocycles. The van der Waals surface area contributed by atoms with E-state index in [2.05, 4.69) is 23.3 Å². The first-order valence-electron chi connectivity index (χ1n) is 9.08. The number of ketones is 1. The standard InChI is InChI=1S/C22H23N3O2S/c1-15-6-4-5-7-20(15)25-13-12-23-22(25)28-14-21(27)19-10-8-18(9-11-19)16(2)24-17(3)26/h4-13,16H,14H2,1-3H3,(H,24,26). The summed E-state index contributed by atoms with van der Waals surface area (Å²) >= 11 is 1.42. The van der Waals surface area contributed by atoms with Crippen molar-refractivity contribution in [2.45, 2.75) is 32.0 Å². The van der Waals surface area contributed by atoms with Gasteiger partial charge in [-0.2, -0.15) is 0 Å². The number of aryl methyl sites for hydroxylation is 1. The molecule has 1 unspecified atom stereocenters. The molecule has 5 nitrogen and oxygen atoms in total. The number of thioether (sulfide) groups is 1. The first kappa shape index (κ1) is 19.9. The van der Waals surface area contributed by atoms with Crippen LogP contribution in [0.5, 0.6) is 0 Å². The number of Topliss-reactive ketones (excluding diaryl/α,β-unsaturated/α-hetero) is 1. The Morgan fingerprint density at radius 1 is 1.14 bits per heavy atom. The summed E-state index contributed by atoms with van der Waals surface area (Å²) in [5, 5.41) is 3.63. The van der Waals surface area contributed by atoms with Crippen molar-refractivity contribution in [2.75, 3.05) is 5.75 Å². The minimum Gasteiger partial charge on any atom is -0.350 e. The second kappa shape index (κ2) is 8.89. The van der Waals surface area contributed by atoms with E-state index < -0.39 is 0 Å². The molecule has 0 bridgehead atoms. The number of imidazole rings is 1. The van der Waals surface area contributed by atoms with Crippen LogP contribution in [0, 0.1) is 6.92 Å². The lowest BCUT2D eigenvalue weighted by Crippen LogP contribution is -2.23. The number of amides is 1. The highest BCUT2D eigenvalue weighted by Gasteiger charge is 2.13. The Morgan fingerprint density at radius 3 is 2.54 bits per heavy atom. The van der Waals surface area contributed by atoms with E-state index >= 15 is 0 Å². The van der Waals surface area contributed by atoms with Gasteiger partial charge in [0.1, 0.15) is 0 Å². The number of para-hydroxylation sites is 1. The predicted molar refractivity (Wildman–Crippen MR) is 112 cm³/mol. The van der Waals surface area contributed by atoms with Gasteiger partial charge in [-0.25, -0.2) is 4.98 Å². The number of nitrogens with one attached hydrogen (secondary N) is 1. The molecule has 0 fully saturated rings. The molecule has 1 atom stereocenters. The third-order valence-electron chi connectivity index (χ3n) is 4.47. The molecule has 0 radical (unpaired) electrons. The molecule has 3 rings (SSSR count). The number of aromatic nitrogens is 2. The molecule has 144 valence electrons. The van der Waals surface area contributed by atoms with Crippen LogP contribution >= 0.6 is 11.8 Å². The Bertz CT molecular complexity index is 979. The summed E-state index contributed by atoms with van der Waals surface area (Å²) in [6.45, 7) is 5.46. The molecule has 1 amide bonds. The van der Waals surface area contributed by atoms with Crippen molar-refractivity contribution in [2.24, 2.45) is 0 Å². The van der Waals surface area contributed by atoms with E-state index in [0.717, 1.165) is 22.0 Å². The number of hydrogen-bond donors (Lipinski definition) is 1. The lowest BCUT2D eigenvalue weighted by atomic mass is 10.0. The third kappa shape index (κ3) is 4.70. The van der Waals surface area contributed by atoms with Gasteiger partial charge in [0.15, 0.2) is 10.9 Å². The molecule has 1 heterocycles. The van der Waals surface area contributed by atoms with E-state index in [-0.39, 0.29) is 17.7 Å². The number of benzene rings is 2. The van der Waals surface area contributed by atoms with Crippen LogP contribution < -0.4 is 5.32 Å². The van der Waals surface area contributed by atoms with Gasteiger partial charge >= 0.3 is 0 Å². The molecule has 1 aromatic heterocycles. The number of nitrogens with zero attached hydrogens (tertiary/aromatic N) is 2. The quantitative estimate of drug-likeness (QED) is 0.479. The Kier molecular flexibility index (Phi) is 6.31. The maximum atomic E-state index is 12.6. The highest BCUT2D eigenvalue weighted by Crippen LogP contribution is 2.23. The summed E-state index contributed by atoms with van der Waals surface area (Å²) < 4.78 is 2.01. The van der Waals surface area contributed by atoms with Gasteiger partial charge < -0.3 is 5.32 Å². The van der Waals surface area contributed by atoms with Gasteiger partial charge in [-0.15, -0.1) is 0 Å². The summed E-state index contributed by atoms with van der Waals surface area (Å²) in [4.78, 5) is 28.2. The zero-order valence-corrected chi connectivity index (χ0v) is 17.0. The second-order valence-corrected chi connectivity index (χ2v) is 7.56. The fourth-order valence-corrected chi connectivity index (χ4v) is 3.83. The highest BCUT2D eigenvalue weighted by atomic mass is 32.2. The van der Waals surface area contributed by atoms with Gasteiger partial charge in [0.25, 0.3) is 0 Å². The molecular formula is C22H23N3O2S. The Hall–Kier alpha value is -2.86. The Labute approximate surface area is 169 Å². The zero-order chi connectivity index (χ0) is 20.1. The average Bonchev–Trinajstić information content (AvgIpc) is 3.14. The molecule has 0 spiro atoms. The van der Waals surface area contributed by atoms with Gasteiger partial charge in [-0.3, -0.25) is 14.2 Å². The summed E-state index contributed by atoms with van der Waals surface area (Å²) in [6.07, 6.45) is 3.66. The van der Waals surface area contributed by atoms with E-state index in [4.69, 9.17) is 0 Å². The second-order valence-electron chi connectivity index (χ2n) is 6.62. The lowest BCUT2D eigenvalue weighted by Gasteiger charge is -2.13. The smallest absolute Gasteiger partial charge is 0.217 e. The van der Waals surface area contributed by atoms with Gasteiger partial charge in [0.2, 0.25) is 5.91 Å². The summed E-state index contributed by atoms with van der Waals surface area (Å²) in [6, 6.07) is 15.4. The van der Waals surface area contributed by atoms with Crippen LogP contribution in [-0.4, -0.2) is 27.0 Å². The average molecular weight is 394 g/mol. The normalized spacial score (nSPS) is 11.8. The molecule has 2 aromatic carbocycles. The molecule has 0 saturated carbocycles. The molecule has 6 heteroatoms. The van der Waals surface area contributed by atoms with Crippen LogP contribution in [-0.2, 0) is 4.79 Å². The van der Waals surface area contributed by atoms with Crippen molar-refractivity contribution in [3.05, 3.63) is 77.6 Å². The van der Waals surface area contributed by atoms with Gasteiger partial charge in [0.05, 0.1) is 17.5 Å². The van der Waals surface area contributed by atoms with Crippen molar-refractivity contribution in [1.82, 2.24) is 14.9 Å². The van der Waals surface area contributed by atoms with Crippen LogP contribution in [0.2, 0.25) is 0 Å². The van der Waals surface area contributed by atoms with E-state index in [0.29, 0.717) is 11.3 Å². The van der Waals surface area contributed by atoms with Gasteiger partial charge in [0, 0.05) is 24.9 Å². The number of hydrogen-bond acceptors (Lipinski definition) is 4. The molecule has 3 aromatic rings. The summed E-state index contributed by atoms with van der Waals surface area (Å²) in [5.74, 6) is 0.278. The molecule has 0 saturated heterocycles. The maximum absolute atomic E-state index is 12.6. The van der Waals surface area contributed by atoms with Crippen molar-refractivity contribution in [1.29, 1.82) is 0 Å². The predicted octanol–water partition coefficient (Wildman–Crippen LogP) is 4.35. The minimum atomic E-state index is -0.0855. The SMILES string of the molecule is CC(=O)NC(C)c1ccc(C(=O)CSc2nccn2-c2ccccc2C)cc1. The fraction of sp³-hybridized carbons (Fsp3) is 0.227. The van der Waals surface area contributed by atoms with Crippen LogP contribution in [0.25, 0.3) is 5.69 Å². The summed E-state index contributed by atoms with van der Waals surface area (Å²) in [5.41, 5.74) is 3.83. The van der Waals surface area contributed by atoms with Crippen molar-refractivity contribution in [3.63, 3.8) is 0 Å². The van der Waals surface area contributed by atoms with Gasteiger partial charge in [-0.05, 0) is 31.0 Å². The lowest BCUT2D eigenvalue weighted by molar-refractivity contribution is -0.119. The first-order valence-corrected chi connectivity index (χ1v) is 10.1. The van der Waals surface area contributed by atoms with Crippen LogP contribution in [0.4, 0.5) is 0 Å². The van der Waals surface area contributed by atoms with E-state index in [1.807, 2.05) is 60.2 Å². The molecule has 0 aliphatic rings. The van der Waals surface area contributed by atoms with Crippen LogP contribution in [0.1, 0.15) is 41.4 Å². The summed E-state index contributed by atoms with van der Waals surface area (Å²) in [7, 11) is 0. The largest absolute Gasteiger partial charge is 0.350 e. The van der Waals surface area contributed by atoms with E-state index in [9.17, 15) is 9.59 Å². The van der Waals surface area contributed by atoms with Crippen molar-refractivity contribution >= 4 is 23.5 Å². The molecule has 0 aliphatic heterocycles. The minimum absolute atomic E-state index is 0.0445.